The summed E-state index contributed by atoms with van der Waals surface area (Å²) in [4.78, 5) is 2.59. The van der Waals surface area contributed by atoms with Gasteiger partial charge in [-0.05, 0) is 74.3 Å². The summed E-state index contributed by atoms with van der Waals surface area (Å²) in [5.74, 6) is 1.78. The monoisotopic (exact) mass is 430 g/mol. The van der Waals surface area contributed by atoms with Gasteiger partial charge in [0.25, 0.3) is 0 Å². The summed E-state index contributed by atoms with van der Waals surface area (Å²) in [6, 6.07) is 5.88. The number of halogens is 2. The van der Waals surface area contributed by atoms with Gasteiger partial charge < -0.3 is 21.2 Å². The largest absolute Gasteiger partial charge is 0.412 e. The van der Waals surface area contributed by atoms with E-state index in [1.165, 1.54) is 32.1 Å². The van der Waals surface area contributed by atoms with Gasteiger partial charge in [0.2, 0.25) is 0 Å². The standard InChI is InChI=1S/C23H36ClFN2.2H2O/c1-17(2)23(26-12-9-18-5-3-4-6-18)16-27-13-10-19(11-14-27)20-7-8-21(24)22(25)15-20;;/h7-8,15,17-19,23,26H,3-6,9-14,16H2,1-2H3;2*1H2/t23-;;/m0../s1. The fourth-order valence-corrected chi connectivity index (χ4v) is 4.89. The number of hydrogen-bond donors (Lipinski definition) is 1. The lowest BCUT2D eigenvalue weighted by Crippen LogP contribution is -2.47. The van der Waals surface area contributed by atoms with Crippen molar-refractivity contribution in [1.82, 2.24) is 10.2 Å². The second-order valence-electron chi connectivity index (χ2n) is 8.99. The molecule has 1 aromatic rings. The van der Waals surface area contributed by atoms with E-state index in [9.17, 15) is 4.39 Å². The van der Waals surface area contributed by atoms with Gasteiger partial charge in [-0.2, -0.15) is 0 Å². The van der Waals surface area contributed by atoms with Crippen molar-refractivity contribution < 1.29 is 15.3 Å². The van der Waals surface area contributed by atoms with E-state index in [0.717, 1.165) is 50.5 Å². The van der Waals surface area contributed by atoms with E-state index in [-0.39, 0.29) is 21.8 Å². The van der Waals surface area contributed by atoms with E-state index in [0.29, 0.717) is 17.9 Å². The fraction of sp³-hybridized carbons (Fsp3) is 0.739. The summed E-state index contributed by atoms with van der Waals surface area (Å²) >= 11 is 5.82. The van der Waals surface area contributed by atoms with Crippen molar-refractivity contribution in [3.63, 3.8) is 0 Å². The Labute approximate surface area is 180 Å². The number of piperidine rings is 1. The van der Waals surface area contributed by atoms with Crippen molar-refractivity contribution >= 4 is 11.6 Å². The number of benzene rings is 1. The molecule has 5 N–H and O–H groups in total. The minimum absolute atomic E-state index is 0. The Morgan fingerprint density at radius 2 is 1.76 bits per heavy atom. The van der Waals surface area contributed by atoms with Crippen molar-refractivity contribution in [3.8, 4) is 0 Å². The molecule has 3 rings (SSSR count). The molecule has 0 amide bonds. The van der Waals surface area contributed by atoms with Crippen LogP contribution in [0, 0.1) is 17.7 Å². The van der Waals surface area contributed by atoms with E-state index < -0.39 is 0 Å². The normalized spacial score (nSPS) is 19.8. The predicted molar refractivity (Wildman–Crippen MR) is 120 cm³/mol. The summed E-state index contributed by atoms with van der Waals surface area (Å²) in [7, 11) is 0. The summed E-state index contributed by atoms with van der Waals surface area (Å²) in [5, 5.41) is 4.07. The molecule has 2 fully saturated rings. The summed E-state index contributed by atoms with van der Waals surface area (Å²) < 4.78 is 13.8. The molecule has 0 unspecified atom stereocenters. The summed E-state index contributed by atoms with van der Waals surface area (Å²) in [6.07, 6.45) is 9.30. The van der Waals surface area contributed by atoms with Gasteiger partial charge in [0.1, 0.15) is 5.82 Å². The Morgan fingerprint density at radius 3 is 2.34 bits per heavy atom. The molecule has 29 heavy (non-hydrogen) atoms. The topological polar surface area (TPSA) is 78.3 Å². The highest BCUT2D eigenvalue weighted by molar-refractivity contribution is 6.30. The molecule has 0 spiro atoms. The first-order chi connectivity index (χ1) is 13.0. The molecule has 1 aliphatic heterocycles. The van der Waals surface area contributed by atoms with Crippen LogP contribution in [-0.2, 0) is 0 Å². The highest BCUT2D eigenvalue weighted by Gasteiger charge is 2.24. The lowest BCUT2D eigenvalue weighted by atomic mass is 9.89. The molecule has 1 heterocycles. The number of hydrogen-bond acceptors (Lipinski definition) is 2. The Bertz CT molecular complexity index is 588. The number of nitrogens with zero attached hydrogens (tertiary/aromatic N) is 1. The highest BCUT2D eigenvalue weighted by atomic mass is 35.5. The van der Waals surface area contributed by atoms with Gasteiger partial charge in [-0.15, -0.1) is 0 Å². The average molecular weight is 431 g/mol. The third-order valence-corrected chi connectivity index (χ3v) is 7.00. The van der Waals surface area contributed by atoms with Crippen molar-refractivity contribution in [2.24, 2.45) is 11.8 Å². The lowest BCUT2D eigenvalue weighted by molar-refractivity contribution is 0.175. The quantitative estimate of drug-likeness (QED) is 0.670. The third-order valence-electron chi connectivity index (χ3n) is 6.70. The van der Waals surface area contributed by atoms with Crippen LogP contribution in [0.5, 0.6) is 0 Å². The van der Waals surface area contributed by atoms with Crippen molar-refractivity contribution in [3.05, 3.63) is 34.6 Å². The molecule has 1 aliphatic carbocycles. The van der Waals surface area contributed by atoms with Crippen LogP contribution in [0.15, 0.2) is 18.2 Å². The molecule has 2 aliphatic rings. The van der Waals surface area contributed by atoms with Crippen LogP contribution in [0.3, 0.4) is 0 Å². The maximum atomic E-state index is 13.8. The Kier molecular flexibility index (Phi) is 11.7. The van der Waals surface area contributed by atoms with Crippen LogP contribution in [-0.4, -0.2) is 48.1 Å². The molecule has 1 atom stereocenters. The van der Waals surface area contributed by atoms with Crippen LogP contribution in [0.4, 0.5) is 4.39 Å². The molecular formula is C23H40ClFN2O2. The van der Waals surface area contributed by atoms with Crippen molar-refractivity contribution in [1.29, 1.82) is 0 Å². The minimum Gasteiger partial charge on any atom is -0.412 e. The van der Waals surface area contributed by atoms with E-state index in [4.69, 9.17) is 11.6 Å². The second kappa shape index (κ2) is 12.9. The van der Waals surface area contributed by atoms with E-state index >= 15 is 0 Å². The summed E-state index contributed by atoms with van der Waals surface area (Å²) in [5.41, 5.74) is 1.10. The lowest BCUT2D eigenvalue weighted by Gasteiger charge is -2.36. The molecule has 0 bridgehead atoms. The van der Waals surface area contributed by atoms with Crippen LogP contribution < -0.4 is 5.32 Å². The van der Waals surface area contributed by atoms with Crippen molar-refractivity contribution in [2.45, 2.75) is 70.8 Å². The van der Waals surface area contributed by atoms with E-state index in [1.807, 2.05) is 6.07 Å². The van der Waals surface area contributed by atoms with Gasteiger partial charge in [0.05, 0.1) is 5.02 Å². The first kappa shape index (κ1) is 26.3. The average Bonchev–Trinajstić information content (AvgIpc) is 3.17. The Hall–Kier alpha value is -0.720. The molecule has 1 saturated heterocycles. The van der Waals surface area contributed by atoms with E-state index in [1.54, 1.807) is 12.1 Å². The summed E-state index contributed by atoms with van der Waals surface area (Å²) in [6.45, 7) is 9.15. The van der Waals surface area contributed by atoms with Gasteiger partial charge in [0.15, 0.2) is 0 Å². The highest BCUT2D eigenvalue weighted by Crippen LogP contribution is 2.30. The zero-order valence-electron chi connectivity index (χ0n) is 18.0. The molecule has 6 heteroatoms. The predicted octanol–water partition coefficient (Wildman–Crippen LogP) is 4.20. The molecule has 4 nitrogen and oxygen atoms in total. The van der Waals surface area contributed by atoms with E-state index in [2.05, 4.69) is 24.1 Å². The first-order valence-corrected chi connectivity index (χ1v) is 11.3. The molecule has 0 radical (unpaired) electrons. The Balaban J connectivity index is 0.00000210. The van der Waals surface area contributed by atoms with Gasteiger partial charge >= 0.3 is 0 Å². The zero-order chi connectivity index (χ0) is 19.2. The fourth-order valence-electron chi connectivity index (χ4n) is 4.78. The molecule has 1 aromatic carbocycles. The number of nitrogens with one attached hydrogen (secondary N) is 1. The smallest absolute Gasteiger partial charge is 0.142 e. The van der Waals surface area contributed by atoms with Crippen LogP contribution in [0.25, 0.3) is 0 Å². The van der Waals surface area contributed by atoms with Gasteiger partial charge in [-0.1, -0.05) is 57.2 Å². The first-order valence-electron chi connectivity index (χ1n) is 10.9. The zero-order valence-corrected chi connectivity index (χ0v) is 18.8. The van der Waals surface area contributed by atoms with Gasteiger partial charge in [-0.3, -0.25) is 0 Å². The third kappa shape index (κ3) is 7.80. The second-order valence-corrected chi connectivity index (χ2v) is 9.40. The Morgan fingerprint density at radius 1 is 1.10 bits per heavy atom. The van der Waals surface area contributed by atoms with Gasteiger partial charge in [-0.25, -0.2) is 4.39 Å². The molecule has 1 saturated carbocycles. The molecule has 168 valence electrons. The maximum absolute atomic E-state index is 13.8. The van der Waals surface area contributed by atoms with Crippen LogP contribution in [0.1, 0.15) is 70.3 Å². The number of rotatable bonds is 8. The minimum atomic E-state index is -0.289. The van der Waals surface area contributed by atoms with Crippen molar-refractivity contribution in [2.75, 3.05) is 26.2 Å². The van der Waals surface area contributed by atoms with Crippen LogP contribution in [0.2, 0.25) is 5.02 Å². The maximum Gasteiger partial charge on any atom is 0.142 e. The van der Waals surface area contributed by atoms with Gasteiger partial charge in [0, 0.05) is 12.6 Å². The van der Waals surface area contributed by atoms with Crippen LogP contribution >= 0.6 is 11.6 Å². The molecule has 0 aromatic heterocycles. The SMILES string of the molecule is CC(C)[C@H](CN1CCC(c2ccc(Cl)c(F)c2)CC1)NCCC1CCCC1.O.O. The number of likely N-dealkylation sites (tertiary alicyclic amines) is 1. The molecular weight excluding hydrogens is 391 g/mol.